The Bertz CT molecular complexity index is 500. The fourth-order valence-corrected chi connectivity index (χ4v) is 3.66. The van der Waals surface area contributed by atoms with Crippen molar-refractivity contribution in [3.8, 4) is 0 Å². The molecule has 4 atom stereocenters. The van der Waals surface area contributed by atoms with Crippen molar-refractivity contribution in [3.05, 3.63) is 29.8 Å². The van der Waals surface area contributed by atoms with Crippen LogP contribution in [0.3, 0.4) is 0 Å². The van der Waals surface area contributed by atoms with Crippen LogP contribution in [0.15, 0.2) is 24.3 Å². The number of rotatable bonds is 3. The molecule has 0 aliphatic heterocycles. The zero-order chi connectivity index (χ0) is 14.1. The number of carbonyl (C=O) groups is 1. The first-order valence-electron chi connectivity index (χ1n) is 7.55. The lowest BCUT2D eigenvalue weighted by Crippen LogP contribution is -2.41. The molecule has 2 saturated carbocycles. The minimum Gasteiger partial charge on any atom is -0.335 e. The lowest BCUT2D eigenvalue weighted by molar-refractivity contribution is 0.242. The molecule has 2 aliphatic rings. The molecule has 0 spiro atoms. The summed E-state index contributed by atoms with van der Waals surface area (Å²) >= 11 is 0. The van der Waals surface area contributed by atoms with Crippen LogP contribution in [-0.2, 0) is 0 Å². The molecule has 3 rings (SSSR count). The van der Waals surface area contributed by atoms with Gasteiger partial charge in [0, 0.05) is 17.8 Å². The van der Waals surface area contributed by atoms with Crippen LogP contribution in [-0.4, -0.2) is 12.1 Å². The first kappa shape index (κ1) is 13.4. The maximum atomic E-state index is 12.1. The summed E-state index contributed by atoms with van der Waals surface area (Å²) in [6.07, 6.45) is 5.07. The molecule has 2 aliphatic carbocycles. The van der Waals surface area contributed by atoms with Crippen molar-refractivity contribution in [2.75, 3.05) is 5.32 Å². The smallest absolute Gasteiger partial charge is 0.319 e. The Morgan fingerprint density at radius 2 is 2.20 bits per heavy atom. The SMILES string of the molecule is CC(N)c1cccc(NC(=O)NC2CC3CCC2C3)c1. The lowest BCUT2D eigenvalue weighted by Gasteiger charge is -2.23. The summed E-state index contributed by atoms with van der Waals surface area (Å²) in [5, 5.41) is 6.04. The van der Waals surface area contributed by atoms with Gasteiger partial charge in [0.15, 0.2) is 0 Å². The van der Waals surface area contributed by atoms with Gasteiger partial charge in [0.25, 0.3) is 0 Å². The Kier molecular flexibility index (Phi) is 3.66. The molecule has 0 aromatic heterocycles. The van der Waals surface area contributed by atoms with E-state index in [1.165, 1.54) is 19.3 Å². The molecular formula is C16H23N3O. The number of fused-ring (bicyclic) bond motifs is 2. The van der Waals surface area contributed by atoms with E-state index in [9.17, 15) is 4.79 Å². The summed E-state index contributed by atoms with van der Waals surface area (Å²) < 4.78 is 0. The van der Waals surface area contributed by atoms with Crippen molar-refractivity contribution in [3.63, 3.8) is 0 Å². The molecule has 4 nitrogen and oxygen atoms in total. The number of anilines is 1. The molecule has 0 radical (unpaired) electrons. The summed E-state index contributed by atoms with van der Waals surface area (Å²) in [7, 11) is 0. The fourth-order valence-electron chi connectivity index (χ4n) is 3.66. The quantitative estimate of drug-likeness (QED) is 0.792. The van der Waals surface area contributed by atoms with Crippen molar-refractivity contribution in [1.29, 1.82) is 0 Å². The third-order valence-corrected chi connectivity index (χ3v) is 4.72. The van der Waals surface area contributed by atoms with Crippen molar-refractivity contribution in [1.82, 2.24) is 5.32 Å². The number of benzene rings is 1. The van der Waals surface area contributed by atoms with Crippen molar-refractivity contribution in [2.45, 2.75) is 44.7 Å². The zero-order valence-corrected chi connectivity index (χ0v) is 11.9. The standard InChI is InChI=1S/C16H23N3O/c1-10(17)12-3-2-4-14(9-12)18-16(20)19-15-8-11-5-6-13(15)7-11/h2-4,9-11,13,15H,5-8,17H2,1H3,(H2,18,19,20). The number of hydrogen-bond donors (Lipinski definition) is 3. The number of urea groups is 1. The molecule has 1 aromatic carbocycles. The summed E-state index contributed by atoms with van der Waals surface area (Å²) in [5.41, 5.74) is 7.69. The van der Waals surface area contributed by atoms with E-state index in [4.69, 9.17) is 5.73 Å². The topological polar surface area (TPSA) is 67.1 Å². The van der Waals surface area contributed by atoms with Crippen LogP contribution in [0.5, 0.6) is 0 Å². The van der Waals surface area contributed by atoms with E-state index in [1.807, 2.05) is 31.2 Å². The molecule has 1 aromatic rings. The van der Waals surface area contributed by atoms with Crippen LogP contribution >= 0.6 is 0 Å². The van der Waals surface area contributed by atoms with Crippen LogP contribution in [0.1, 0.15) is 44.2 Å². The highest BCUT2D eigenvalue weighted by Gasteiger charge is 2.40. The van der Waals surface area contributed by atoms with E-state index in [1.54, 1.807) is 0 Å². The van der Waals surface area contributed by atoms with Crippen LogP contribution in [0.2, 0.25) is 0 Å². The van der Waals surface area contributed by atoms with Crippen LogP contribution in [0.25, 0.3) is 0 Å². The van der Waals surface area contributed by atoms with Crippen LogP contribution in [0, 0.1) is 11.8 Å². The average molecular weight is 273 g/mol. The number of nitrogens with two attached hydrogens (primary N) is 1. The Morgan fingerprint density at radius 1 is 1.35 bits per heavy atom. The minimum absolute atomic E-state index is 0.0228. The Hall–Kier alpha value is -1.55. The van der Waals surface area contributed by atoms with Crippen LogP contribution in [0.4, 0.5) is 10.5 Å². The Balaban J connectivity index is 1.57. The predicted molar refractivity (Wildman–Crippen MR) is 80.4 cm³/mol. The van der Waals surface area contributed by atoms with Gasteiger partial charge in [0.05, 0.1) is 0 Å². The molecule has 20 heavy (non-hydrogen) atoms. The van der Waals surface area contributed by atoms with Gasteiger partial charge in [-0.15, -0.1) is 0 Å². The number of hydrogen-bond acceptors (Lipinski definition) is 2. The molecule has 2 fully saturated rings. The lowest BCUT2D eigenvalue weighted by atomic mass is 9.95. The molecule has 4 unspecified atom stereocenters. The molecule has 2 bridgehead atoms. The second kappa shape index (κ2) is 5.44. The molecule has 108 valence electrons. The molecular weight excluding hydrogens is 250 g/mol. The Morgan fingerprint density at radius 3 is 2.85 bits per heavy atom. The van der Waals surface area contributed by atoms with Gasteiger partial charge in [-0.25, -0.2) is 4.79 Å². The number of carbonyl (C=O) groups excluding carboxylic acids is 1. The minimum atomic E-state index is -0.0932. The highest BCUT2D eigenvalue weighted by molar-refractivity contribution is 5.89. The highest BCUT2D eigenvalue weighted by Crippen LogP contribution is 2.44. The van der Waals surface area contributed by atoms with Gasteiger partial charge in [-0.1, -0.05) is 18.6 Å². The fraction of sp³-hybridized carbons (Fsp3) is 0.562. The second-order valence-corrected chi connectivity index (χ2v) is 6.29. The number of amides is 2. The maximum Gasteiger partial charge on any atom is 0.319 e. The largest absolute Gasteiger partial charge is 0.335 e. The molecule has 0 saturated heterocycles. The van der Waals surface area contributed by atoms with E-state index >= 15 is 0 Å². The Labute approximate surface area is 120 Å². The summed E-state index contributed by atoms with van der Waals surface area (Å²) in [6, 6.07) is 7.98. The molecule has 0 heterocycles. The third kappa shape index (κ3) is 2.80. The van der Waals surface area contributed by atoms with Crippen LogP contribution < -0.4 is 16.4 Å². The molecule has 2 amide bonds. The monoisotopic (exact) mass is 273 g/mol. The second-order valence-electron chi connectivity index (χ2n) is 6.29. The normalized spacial score (nSPS) is 29.2. The van der Waals surface area contributed by atoms with Crippen molar-refractivity contribution >= 4 is 11.7 Å². The van der Waals surface area contributed by atoms with E-state index < -0.39 is 0 Å². The zero-order valence-electron chi connectivity index (χ0n) is 11.9. The number of nitrogens with one attached hydrogen (secondary N) is 2. The van der Waals surface area contributed by atoms with E-state index in [0.29, 0.717) is 12.0 Å². The summed E-state index contributed by atoms with van der Waals surface area (Å²) in [5.74, 6) is 1.54. The van der Waals surface area contributed by atoms with E-state index in [2.05, 4.69) is 10.6 Å². The predicted octanol–water partition coefficient (Wildman–Crippen LogP) is 3.02. The van der Waals surface area contributed by atoms with Gasteiger partial charge < -0.3 is 16.4 Å². The van der Waals surface area contributed by atoms with Crippen molar-refractivity contribution < 1.29 is 4.79 Å². The van der Waals surface area contributed by atoms with Gasteiger partial charge in [0.2, 0.25) is 0 Å². The van der Waals surface area contributed by atoms with Gasteiger partial charge in [0.1, 0.15) is 0 Å². The average Bonchev–Trinajstić information content (AvgIpc) is 3.01. The van der Waals surface area contributed by atoms with E-state index in [0.717, 1.165) is 23.6 Å². The summed E-state index contributed by atoms with van der Waals surface area (Å²) in [4.78, 5) is 12.1. The maximum absolute atomic E-state index is 12.1. The van der Waals surface area contributed by atoms with Gasteiger partial charge in [-0.2, -0.15) is 0 Å². The first-order valence-corrected chi connectivity index (χ1v) is 7.55. The summed E-state index contributed by atoms with van der Waals surface area (Å²) in [6.45, 7) is 1.94. The molecule has 4 N–H and O–H groups in total. The van der Waals surface area contributed by atoms with Crippen molar-refractivity contribution in [2.24, 2.45) is 17.6 Å². The van der Waals surface area contributed by atoms with Gasteiger partial charge >= 0.3 is 6.03 Å². The van der Waals surface area contributed by atoms with Gasteiger partial charge in [-0.3, -0.25) is 0 Å². The highest BCUT2D eigenvalue weighted by atomic mass is 16.2. The third-order valence-electron chi connectivity index (χ3n) is 4.72. The van der Waals surface area contributed by atoms with E-state index in [-0.39, 0.29) is 12.1 Å². The first-order chi connectivity index (χ1) is 9.61. The van der Waals surface area contributed by atoms with Gasteiger partial charge in [-0.05, 0) is 55.7 Å². The molecule has 4 heteroatoms.